The van der Waals surface area contributed by atoms with Gasteiger partial charge in [0.05, 0.1) is 0 Å². The van der Waals surface area contributed by atoms with Crippen LogP contribution in [0.4, 0.5) is 0 Å². The minimum absolute atomic E-state index is 0.503. The van der Waals surface area contributed by atoms with Crippen molar-refractivity contribution in [3.63, 3.8) is 0 Å². The highest BCUT2D eigenvalue weighted by molar-refractivity contribution is 4.91. The maximum atomic E-state index is 3.56. The Kier molecular flexibility index (Phi) is 4.38. The fourth-order valence-electron chi connectivity index (χ4n) is 3.78. The van der Waals surface area contributed by atoms with Crippen molar-refractivity contribution in [3.05, 3.63) is 0 Å². The molecule has 1 unspecified atom stereocenters. The van der Waals surface area contributed by atoms with Crippen molar-refractivity contribution in [1.29, 1.82) is 0 Å². The predicted octanol–water partition coefficient (Wildman–Crippen LogP) is 3.13. The minimum atomic E-state index is 0.503. The van der Waals surface area contributed by atoms with Gasteiger partial charge >= 0.3 is 0 Å². The van der Waals surface area contributed by atoms with Gasteiger partial charge in [0.25, 0.3) is 0 Å². The first-order valence-corrected chi connectivity index (χ1v) is 7.88. The minimum Gasteiger partial charge on any atom is -0.316 e. The molecule has 2 aliphatic rings. The Morgan fingerprint density at radius 1 is 1.22 bits per heavy atom. The van der Waals surface area contributed by atoms with Gasteiger partial charge in [-0.15, -0.1) is 0 Å². The van der Waals surface area contributed by atoms with Crippen LogP contribution in [0.3, 0.4) is 0 Å². The highest BCUT2D eigenvalue weighted by atomic mass is 15.1. The molecule has 0 aromatic carbocycles. The first kappa shape index (κ1) is 14.3. The summed E-state index contributed by atoms with van der Waals surface area (Å²) in [5.74, 6) is 0.924. The van der Waals surface area contributed by atoms with E-state index in [1.165, 1.54) is 58.4 Å². The van der Waals surface area contributed by atoms with E-state index >= 15 is 0 Å². The summed E-state index contributed by atoms with van der Waals surface area (Å²) in [5, 5.41) is 3.56. The van der Waals surface area contributed by atoms with E-state index in [0.29, 0.717) is 10.8 Å². The molecule has 0 aliphatic carbocycles. The van der Waals surface area contributed by atoms with E-state index < -0.39 is 0 Å². The third-order valence-electron chi connectivity index (χ3n) is 5.45. The molecule has 2 nitrogen and oxygen atoms in total. The quantitative estimate of drug-likeness (QED) is 0.830. The maximum Gasteiger partial charge on any atom is 0.00505 e. The molecular formula is C16H32N2. The van der Waals surface area contributed by atoms with Crippen molar-refractivity contribution in [2.45, 2.75) is 53.4 Å². The molecule has 0 bridgehead atoms. The largest absolute Gasteiger partial charge is 0.316 e. The molecule has 0 amide bonds. The molecule has 2 heteroatoms. The van der Waals surface area contributed by atoms with Crippen molar-refractivity contribution in [1.82, 2.24) is 10.2 Å². The van der Waals surface area contributed by atoms with Gasteiger partial charge in [0, 0.05) is 13.1 Å². The first-order valence-electron chi connectivity index (χ1n) is 7.88. The van der Waals surface area contributed by atoms with E-state index in [9.17, 15) is 0 Å². The summed E-state index contributed by atoms with van der Waals surface area (Å²) in [7, 11) is 0. The molecule has 2 saturated heterocycles. The van der Waals surface area contributed by atoms with Crippen LogP contribution in [0.2, 0.25) is 0 Å². The summed E-state index contributed by atoms with van der Waals surface area (Å²) in [6.07, 6.45) is 5.51. The fourth-order valence-corrected chi connectivity index (χ4v) is 3.78. The third kappa shape index (κ3) is 3.27. The summed E-state index contributed by atoms with van der Waals surface area (Å²) in [4.78, 5) is 2.73. The molecule has 18 heavy (non-hydrogen) atoms. The lowest BCUT2D eigenvalue weighted by atomic mass is 9.74. The second-order valence-corrected chi connectivity index (χ2v) is 7.70. The van der Waals surface area contributed by atoms with E-state index in [4.69, 9.17) is 0 Å². The van der Waals surface area contributed by atoms with Gasteiger partial charge in [-0.3, -0.25) is 0 Å². The van der Waals surface area contributed by atoms with E-state index in [1.807, 2.05) is 0 Å². The number of hydrogen-bond acceptors (Lipinski definition) is 2. The fraction of sp³-hybridized carbons (Fsp3) is 1.00. The van der Waals surface area contributed by atoms with Gasteiger partial charge in [-0.2, -0.15) is 0 Å². The molecule has 0 saturated carbocycles. The lowest BCUT2D eigenvalue weighted by Gasteiger charge is -2.42. The smallest absolute Gasteiger partial charge is 0.00505 e. The molecule has 0 spiro atoms. The van der Waals surface area contributed by atoms with Crippen LogP contribution in [0.5, 0.6) is 0 Å². The zero-order chi connectivity index (χ0) is 13.2. The second-order valence-electron chi connectivity index (χ2n) is 7.70. The van der Waals surface area contributed by atoms with Crippen LogP contribution in [0.1, 0.15) is 53.4 Å². The molecule has 1 atom stereocenters. The van der Waals surface area contributed by atoms with Gasteiger partial charge in [0.1, 0.15) is 0 Å². The van der Waals surface area contributed by atoms with E-state index in [0.717, 1.165) is 5.92 Å². The SMILES string of the molecule is CCC1(CN2CCC(C(C)(C)C)CC2)CCNC1. The number of likely N-dealkylation sites (tertiary alicyclic amines) is 1. The summed E-state index contributed by atoms with van der Waals surface area (Å²) in [5.41, 5.74) is 1.08. The molecule has 106 valence electrons. The molecule has 0 aromatic heterocycles. The molecule has 2 heterocycles. The van der Waals surface area contributed by atoms with Crippen LogP contribution < -0.4 is 5.32 Å². The predicted molar refractivity (Wildman–Crippen MR) is 78.8 cm³/mol. The first-order chi connectivity index (χ1) is 8.45. The Bertz CT molecular complexity index is 253. The Morgan fingerprint density at radius 2 is 1.89 bits per heavy atom. The van der Waals surface area contributed by atoms with Crippen molar-refractivity contribution >= 4 is 0 Å². The summed E-state index contributed by atoms with van der Waals surface area (Å²) >= 11 is 0. The van der Waals surface area contributed by atoms with Crippen molar-refractivity contribution in [3.8, 4) is 0 Å². The van der Waals surface area contributed by atoms with E-state index in [2.05, 4.69) is 37.9 Å². The third-order valence-corrected chi connectivity index (χ3v) is 5.45. The molecule has 0 aromatic rings. The average molecular weight is 252 g/mol. The molecule has 2 aliphatic heterocycles. The van der Waals surface area contributed by atoms with Gasteiger partial charge in [-0.05, 0) is 62.1 Å². The summed E-state index contributed by atoms with van der Waals surface area (Å²) in [6.45, 7) is 16.0. The molecule has 2 fully saturated rings. The number of nitrogens with one attached hydrogen (secondary N) is 1. The monoisotopic (exact) mass is 252 g/mol. The molecular weight excluding hydrogens is 220 g/mol. The van der Waals surface area contributed by atoms with Crippen molar-refractivity contribution in [2.24, 2.45) is 16.7 Å². The van der Waals surface area contributed by atoms with Crippen molar-refractivity contribution < 1.29 is 0 Å². The Balaban J connectivity index is 1.83. The van der Waals surface area contributed by atoms with E-state index in [1.54, 1.807) is 0 Å². The zero-order valence-corrected chi connectivity index (χ0v) is 12.9. The number of hydrogen-bond donors (Lipinski definition) is 1. The summed E-state index contributed by atoms with van der Waals surface area (Å²) < 4.78 is 0. The lowest BCUT2D eigenvalue weighted by molar-refractivity contribution is 0.0781. The Morgan fingerprint density at radius 3 is 2.33 bits per heavy atom. The number of rotatable bonds is 3. The molecule has 2 rings (SSSR count). The van der Waals surface area contributed by atoms with Crippen LogP contribution in [0.15, 0.2) is 0 Å². The number of nitrogens with zero attached hydrogens (tertiary/aromatic N) is 1. The zero-order valence-electron chi connectivity index (χ0n) is 12.9. The second kappa shape index (κ2) is 5.50. The van der Waals surface area contributed by atoms with Gasteiger partial charge in [0.15, 0.2) is 0 Å². The molecule has 1 N–H and O–H groups in total. The van der Waals surface area contributed by atoms with Crippen LogP contribution in [-0.4, -0.2) is 37.6 Å². The number of piperidine rings is 1. The van der Waals surface area contributed by atoms with Crippen LogP contribution >= 0.6 is 0 Å². The molecule has 0 radical (unpaired) electrons. The van der Waals surface area contributed by atoms with Crippen LogP contribution in [-0.2, 0) is 0 Å². The van der Waals surface area contributed by atoms with Gasteiger partial charge in [0.2, 0.25) is 0 Å². The van der Waals surface area contributed by atoms with Gasteiger partial charge in [-0.25, -0.2) is 0 Å². The van der Waals surface area contributed by atoms with Gasteiger partial charge in [-0.1, -0.05) is 27.7 Å². The van der Waals surface area contributed by atoms with Crippen LogP contribution in [0, 0.1) is 16.7 Å². The average Bonchev–Trinajstić information content (AvgIpc) is 2.78. The Hall–Kier alpha value is -0.0800. The summed E-state index contributed by atoms with van der Waals surface area (Å²) in [6, 6.07) is 0. The lowest BCUT2D eigenvalue weighted by Crippen LogP contribution is -2.44. The van der Waals surface area contributed by atoms with Crippen LogP contribution in [0.25, 0.3) is 0 Å². The normalized spacial score (nSPS) is 32.0. The highest BCUT2D eigenvalue weighted by Gasteiger charge is 2.36. The standard InChI is InChI=1S/C16H32N2/c1-5-16(8-9-17-12-16)13-18-10-6-14(7-11-18)15(2,3)4/h14,17H,5-13H2,1-4H3. The van der Waals surface area contributed by atoms with E-state index in [-0.39, 0.29) is 0 Å². The van der Waals surface area contributed by atoms with Crippen molar-refractivity contribution in [2.75, 3.05) is 32.7 Å². The maximum absolute atomic E-state index is 3.56. The van der Waals surface area contributed by atoms with Gasteiger partial charge < -0.3 is 10.2 Å². The highest BCUT2D eigenvalue weighted by Crippen LogP contribution is 2.36. The topological polar surface area (TPSA) is 15.3 Å². The Labute approximate surface area is 114 Å².